The number of hydrogen-bond donors (Lipinski definition) is 8. The van der Waals surface area contributed by atoms with Crippen molar-refractivity contribution in [1.29, 1.82) is 0 Å². The van der Waals surface area contributed by atoms with Gasteiger partial charge in [-0.15, -0.1) is 0 Å². The lowest BCUT2D eigenvalue weighted by Gasteiger charge is -2.16. The summed E-state index contributed by atoms with van der Waals surface area (Å²) in [7, 11) is 0. The van der Waals surface area contributed by atoms with Crippen LogP contribution in [-0.2, 0) is 0 Å². The van der Waals surface area contributed by atoms with Crippen LogP contribution in [0.2, 0.25) is 0 Å². The van der Waals surface area contributed by atoms with Crippen molar-refractivity contribution in [3.8, 4) is 68.6 Å². The fourth-order valence-corrected chi connectivity index (χ4v) is 2.57. The molecule has 0 atom stereocenters. The first-order valence-electron chi connectivity index (χ1n) is 7.41. The van der Waals surface area contributed by atoms with Gasteiger partial charge in [-0.2, -0.15) is 0 Å². The Morgan fingerprint density at radius 2 is 0.963 bits per heavy atom. The smallest absolute Gasteiger partial charge is 0.211 e. The molecule has 0 aliphatic heterocycles. The van der Waals surface area contributed by atoms with Crippen LogP contribution in [0.15, 0.2) is 36.4 Å². The van der Waals surface area contributed by atoms with Crippen LogP contribution in [0, 0.1) is 0 Å². The molecule has 8 N–H and O–H groups in total. The average Bonchev–Trinajstić information content (AvgIpc) is 2.52. The van der Waals surface area contributed by atoms with Crippen molar-refractivity contribution < 1.29 is 45.6 Å². The summed E-state index contributed by atoms with van der Waals surface area (Å²) in [4.78, 5) is 0. The Balaban J connectivity index is 2.20. The van der Waals surface area contributed by atoms with Gasteiger partial charge in [-0.3, -0.25) is 0 Å². The van der Waals surface area contributed by atoms with E-state index in [-0.39, 0.29) is 17.2 Å². The number of phenols is 8. The molecule has 0 aromatic heterocycles. The second-order valence-corrected chi connectivity index (χ2v) is 5.61. The van der Waals surface area contributed by atoms with Gasteiger partial charge in [0.1, 0.15) is 40.2 Å². The van der Waals surface area contributed by atoms with Crippen molar-refractivity contribution in [3.63, 3.8) is 0 Å². The van der Waals surface area contributed by atoms with E-state index in [9.17, 15) is 40.9 Å². The summed E-state index contributed by atoms with van der Waals surface area (Å²) in [5.74, 6) is -5.48. The van der Waals surface area contributed by atoms with Gasteiger partial charge >= 0.3 is 0 Å². The maximum absolute atomic E-state index is 10.5. The largest absolute Gasteiger partial charge is 0.508 e. The van der Waals surface area contributed by atoms with Gasteiger partial charge in [0.25, 0.3) is 0 Å². The third-order valence-corrected chi connectivity index (χ3v) is 3.64. The Morgan fingerprint density at radius 3 is 1.52 bits per heavy atom. The van der Waals surface area contributed by atoms with Crippen molar-refractivity contribution in [2.75, 3.05) is 0 Å². The van der Waals surface area contributed by atoms with E-state index in [1.54, 1.807) is 0 Å². The predicted octanol–water partition coefficient (Wildman–Crippen LogP) is 2.79. The summed E-state index contributed by atoms with van der Waals surface area (Å²) >= 11 is 0. The summed E-state index contributed by atoms with van der Waals surface area (Å²) in [6.45, 7) is 0. The van der Waals surface area contributed by atoms with E-state index < -0.39 is 51.4 Å². The van der Waals surface area contributed by atoms with Crippen molar-refractivity contribution in [2.24, 2.45) is 0 Å². The Bertz CT molecular complexity index is 1000. The normalized spacial score (nSPS) is 10.7. The highest BCUT2D eigenvalue weighted by molar-refractivity contribution is 5.88. The molecule has 9 heteroatoms. The predicted molar refractivity (Wildman–Crippen MR) is 91.7 cm³/mol. The van der Waals surface area contributed by atoms with Gasteiger partial charge in [0.05, 0.1) is 11.1 Å². The fraction of sp³-hybridized carbons (Fsp3) is 0. The molecule has 0 saturated heterocycles. The SMILES string of the molecule is Oc1cc(O)cc(Oc2c(O)cc(O)c(-c3c(O)cc(O)cc3O)c2O)c1. The van der Waals surface area contributed by atoms with E-state index in [0.717, 1.165) is 36.4 Å². The molecule has 0 heterocycles. The van der Waals surface area contributed by atoms with Crippen molar-refractivity contribution in [3.05, 3.63) is 36.4 Å². The number of aromatic hydroxyl groups is 8. The first-order chi connectivity index (χ1) is 12.7. The van der Waals surface area contributed by atoms with E-state index in [0.29, 0.717) is 0 Å². The van der Waals surface area contributed by atoms with Crippen LogP contribution in [0.25, 0.3) is 11.1 Å². The zero-order chi connectivity index (χ0) is 19.9. The lowest BCUT2D eigenvalue weighted by Crippen LogP contribution is -1.90. The molecule has 27 heavy (non-hydrogen) atoms. The van der Waals surface area contributed by atoms with Gasteiger partial charge in [0, 0.05) is 36.4 Å². The standard InChI is InChI=1S/C18H14O9/c19-7-1-8(20)3-10(2-7)27-18-14(25)6-13(24)16(17(18)26)15-11(22)4-9(21)5-12(15)23/h1-6,19-26H. The van der Waals surface area contributed by atoms with Crippen LogP contribution in [0.5, 0.6) is 57.5 Å². The molecule has 0 radical (unpaired) electrons. The molecule has 0 saturated carbocycles. The van der Waals surface area contributed by atoms with Crippen LogP contribution >= 0.6 is 0 Å². The van der Waals surface area contributed by atoms with Gasteiger partial charge in [0.15, 0.2) is 11.5 Å². The minimum atomic E-state index is -0.855. The lowest BCUT2D eigenvalue weighted by molar-refractivity contribution is 0.365. The maximum atomic E-state index is 10.5. The molecule has 9 nitrogen and oxygen atoms in total. The highest BCUT2D eigenvalue weighted by atomic mass is 16.5. The Morgan fingerprint density at radius 1 is 0.481 bits per heavy atom. The van der Waals surface area contributed by atoms with Crippen molar-refractivity contribution >= 4 is 0 Å². The fourth-order valence-electron chi connectivity index (χ4n) is 2.57. The Kier molecular flexibility index (Phi) is 4.12. The first kappa shape index (κ1) is 17.7. The highest BCUT2D eigenvalue weighted by Gasteiger charge is 2.25. The first-order valence-corrected chi connectivity index (χ1v) is 7.41. The number of rotatable bonds is 3. The molecule has 3 rings (SSSR count). The third kappa shape index (κ3) is 3.21. The summed E-state index contributed by atoms with van der Waals surface area (Å²) in [5.41, 5.74) is -0.909. The number of benzene rings is 3. The molecular formula is C18H14O9. The zero-order valence-electron chi connectivity index (χ0n) is 13.5. The van der Waals surface area contributed by atoms with Gasteiger partial charge < -0.3 is 45.6 Å². The summed E-state index contributed by atoms with van der Waals surface area (Å²) in [6.07, 6.45) is 0. The molecule has 0 aliphatic carbocycles. The highest BCUT2D eigenvalue weighted by Crippen LogP contribution is 2.54. The van der Waals surface area contributed by atoms with E-state index in [1.807, 2.05) is 0 Å². The molecule has 0 spiro atoms. The van der Waals surface area contributed by atoms with Crippen molar-refractivity contribution in [1.82, 2.24) is 0 Å². The molecule has 0 bridgehead atoms. The topological polar surface area (TPSA) is 171 Å². The third-order valence-electron chi connectivity index (χ3n) is 3.64. The average molecular weight is 374 g/mol. The van der Waals surface area contributed by atoms with Crippen LogP contribution in [0.4, 0.5) is 0 Å². The van der Waals surface area contributed by atoms with Crippen molar-refractivity contribution in [2.45, 2.75) is 0 Å². The van der Waals surface area contributed by atoms with E-state index in [2.05, 4.69) is 0 Å². The Hall–Kier alpha value is -4.14. The van der Waals surface area contributed by atoms with Gasteiger partial charge in [-0.05, 0) is 0 Å². The number of hydrogen-bond acceptors (Lipinski definition) is 9. The minimum Gasteiger partial charge on any atom is -0.508 e. The maximum Gasteiger partial charge on any atom is 0.211 e. The zero-order valence-corrected chi connectivity index (χ0v) is 13.5. The monoisotopic (exact) mass is 374 g/mol. The second-order valence-electron chi connectivity index (χ2n) is 5.61. The number of phenolic OH excluding ortho intramolecular Hbond substituents is 8. The molecule has 0 amide bonds. The summed E-state index contributed by atoms with van der Waals surface area (Å²) < 4.78 is 5.28. The van der Waals surface area contributed by atoms with Gasteiger partial charge in [-0.1, -0.05) is 0 Å². The Labute approximate surface area is 151 Å². The van der Waals surface area contributed by atoms with E-state index in [1.165, 1.54) is 0 Å². The van der Waals surface area contributed by atoms with Gasteiger partial charge in [0.2, 0.25) is 5.75 Å². The molecule has 0 unspecified atom stereocenters. The molecule has 3 aromatic carbocycles. The summed E-state index contributed by atoms with van der Waals surface area (Å²) in [5, 5.41) is 78.9. The van der Waals surface area contributed by atoms with Crippen LogP contribution in [0.3, 0.4) is 0 Å². The molecular weight excluding hydrogens is 360 g/mol. The van der Waals surface area contributed by atoms with Crippen LogP contribution < -0.4 is 4.74 Å². The molecule has 140 valence electrons. The minimum absolute atomic E-state index is 0.158. The lowest BCUT2D eigenvalue weighted by atomic mass is 10.00. The van der Waals surface area contributed by atoms with Crippen LogP contribution in [-0.4, -0.2) is 40.9 Å². The quantitative estimate of drug-likeness (QED) is 0.343. The molecule has 0 aliphatic rings. The van der Waals surface area contributed by atoms with Gasteiger partial charge in [-0.25, -0.2) is 0 Å². The number of ether oxygens (including phenoxy) is 1. The van der Waals surface area contributed by atoms with Crippen LogP contribution in [0.1, 0.15) is 0 Å². The van der Waals surface area contributed by atoms with E-state index >= 15 is 0 Å². The summed E-state index contributed by atoms with van der Waals surface area (Å²) in [6, 6.07) is 5.73. The second kappa shape index (κ2) is 6.30. The van der Waals surface area contributed by atoms with E-state index in [4.69, 9.17) is 4.74 Å². The molecule has 0 fully saturated rings. The molecule has 3 aromatic rings.